The van der Waals surface area contributed by atoms with E-state index >= 15 is 0 Å². The molecule has 6 heteroatoms. The fraction of sp³-hybridized carbons (Fsp3) is 0.600. The van der Waals surface area contributed by atoms with Gasteiger partial charge in [-0.1, -0.05) is 25.4 Å². The van der Waals surface area contributed by atoms with Crippen molar-refractivity contribution >= 4 is 11.6 Å². The first kappa shape index (κ1) is 16.0. The molecule has 0 radical (unpaired) electrons. The molecule has 0 aromatic carbocycles. The second kappa shape index (κ2) is 7.61. The van der Waals surface area contributed by atoms with Crippen molar-refractivity contribution in [3.8, 4) is 0 Å². The Bertz CT molecular complexity index is 573. The van der Waals surface area contributed by atoms with Crippen LogP contribution >= 0.6 is 11.6 Å². The zero-order valence-corrected chi connectivity index (χ0v) is 13.8. The molecule has 0 saturated carbocycles. The van der Waals surface area contributed by atoms with Gasteiger partial charge in [0.25, 0.3) is 0 Å². The molecule has 0 bridgehead atoms. The average Bonchev–Trinajstić information content (AvgIpc) is 3.05. The van der Waals surface area contributed by atoms with Gasteiger partial charge in [-0.2, -0.15) is 10.2 Å². The Morgan fingerprint density at radius 2 is 2.05 bits per heavy atom. The SMILES string of the molecule is CCCNCc1ccn(Cc2c(Cl)c(CC)nn2CC)n1. The Morgan fingerprint density at radius 1 is 1.24 bits per heavy atom. The van der Waals surface area contributed by atoms with Crippen molar-refractivity contribution in [2.75, 3.05) is 6.54 Å². The number of rotatable bonds is 8. The minimum atomic E-state index is 0.660. The van der Waals surface area contributed by atoms with E-state index in [4.69, 9.17) is 11.6 Å². The zero-order chi connectivity index (χ0) is 15.2. The summed E-state index contributed by atoms with van der Waals surface area (Å²) >= 11 is 6.43. The lowest BCUT2D eigenvalue weighted by molar-refractivity contribution is 0.566. The molecule has 5 nitrogen and oxygen atoms in total. The van der Waals surface area contributed by atoms with Crippen LogP contribution in [0.2, 0.25) is 5.02 Å². The number of nitrogens with one attached hydrogen (secondary N) is 1. The molecule has 2 rings (SSSR count). The van der Waals surface area contributed by atoms with Gasteiger partial charge in [-0.15, -0.1) is 0 Å². The van der Waals surface area contributed by atoms with E-state index in [1.807, 2.05) is 21.6 Å². The highest BCUT2D eigenvalue weighted by Gasteiger charge is 2.15. The molecule has 2 heterocycles. The Labute approximate surface area is 131 Å². The summed E-state index contributed by atoms with van der Waals surface area (Å²) in [5.41, 5.74) is 3.05. The minimum absolute atomic E-state index is 0.660. The second-order valence-electron chi connectivity index (χ2n) is 5.06. The van der Waals surface area contributed by atoms with Crippen LogP contribution in [0.1, 0.15) is 44.3 Å². The fourth-order valence-corrected chi connectivity index (χ4v) is 2.63. The Kier molecular flexibility index (Phi) is 5.82. The highest BCUT2D eigenvalue weighted by Crippen LogP contribution is 2.22. The first-order valence-electron chi connectivity index (χ1n) is 7.66. The molecule has 1 N–H and O–H groups in total. The summed E-state index contributed by atoms with van der Waals surface area (Å²) in [7, 11) is 0. The van der Waals surface area contributed by atoms with Crippen LogP contribution in [0.25, 0.3) is 0 Å². The van der Waals surface area contributed by atoms with Crippen molar-refractivity contribution in [1.29, 1.82) is 0 Å². The third-order valence-electron chi connectivity index (χ3n) is 3.43. The highest BCUT2D eigenvalue weighted by atomic mass is 35.5. The van der Waals surface area contributed by atoms with Crippen molar-refractivity contribution in [1.82, 2.24) is 24.9 Å². The van der Waals surface area contributed by atoms with Crippen molar-refractivity contribution in [3.05, 3.63) is 34.4 Å². The molecule has 0 atom stereocenters. The van der Waals surface area contributed by atoms with Gasteiger partial charge in [0.05, 0.1) is 28.6 Å². The standard InChI is InChI=1S/C15H24ClN5/c1-4-8-17-10-12-7-9-20(18-12)11-14-15(16)13(5-2)19-21(14)6-3/h7,9,17H,4-6,8,10-11H2,1-3H3. The quantitative estimate of drug-likeness (QED) is 0.763. The molecule has 0 spiro atoms. The molecule has 0 amide bonds. The Balaban J connectivity index is 2.09. The minimum Gasteiger partial charge on any atom is -0.311 e. The summed E-state index contributed by atoms with van der Waals surface area (Å²) in [6.45, 7) is 9.61. The van der Waals surface area contributed by atoms with Crippen LogP contribution in [0.5, 0.6) is 0 Å². The van der Waals surface area contributed by atoms with Gasteiger partial charge >= 0.3 is 0 Å². The van der Waals surface area contributed by atoms with Gasteiger partial charge in [0.2, 0.25) is 0 Å². The topological polar surface area (TPSA) is 47.7 Å². The molecule has 2 aromatic heterocycles. The largest absolute Gasteiger partial charge is 0.311 e. The molecule has 0 saturated heterocycles. The predicted molar refractivity (Wildman–Crippen MR) is 85.6 cm³/mol. The second-order valence-corrected chi connectivity index (χ2v) is 5.44. The van der Waals surface area contributed by atoms with E-state index in [2.05, 4.69) is 36.3 Å². The predicted octanol–water partition coefficient (Wildman–Crippen LogP) is 2.86. The summed E-state index contributed by atoms with van der Waals surface area (Å²) in [6.07, 6.45) is 3.98. The fourth-order valence-electron chi connectivity index (χ4n) is 2.30. The number of halogens is 1. The molecule has 21 heavy (non-hydrogen) atoms. The maximum atomic E-state index is 6.43. The maximum absolute atomic E-state index is 6.43. The van der Waals surface area contributed by atoms with Crippen LogP contribution in [0, 0.1) is 0 Å². The van der Waals surface area contributed by atoms with Gasteiger partial charge in [-0.25, -0.2) is 0 Å². The van der Waals surface area contributed by atoms with E-state index in [9.17, 15) is 0 Å². The monoisotopic (exact) mass is 309 g/mol. The third-order valence-corrected chi connectivity index (χ3v) is 3.87. The lowest BCUT2D eigenvalue weighted by Crippen LogP contribution is -2.15. The maximum Gasteiger partial charge on any atom is 0.0869 e. The molecule has 0 aliphatic heterocycles. The normalized spacial score (nSPS) is 11.2. The third kappa shape index (κ3) is 3.86. The van der Waals surface area contributed by atoms with Crippen LogP contribution in [0.15, 0.2) is 12.3 Å². The number of hydrogen-bond donors (Lipinski definition) is 1. The molecule has 0 aliphatic rings. The van der Waals surface area contributed by atoms with Gasteiger partial charge < -0.3 is 5.32 Å². The highest BCUT2D eigenvalue weighted by molar-refractivity contribution is 6.31. The van der Waals surface area contributed by atoms with E-state index in [1.54, 1.807) is 0 Å². The van der Waals surface area contributed by atoms with E-state index in [0.717, 1.165) is 54.6 Å². The first-order chi connectivity index (χ1) is 10.2. The smallest absolute Gasteiger partial charge is 0.0869 e. The Morgan fingerprint density at radius 3 is 2.71 bits per heavy atom. The van der Waals surface area contributed by atoms with Gasteiger partial charge in [-0.3, -0.25) is 9.36 Å². The lowest BCUT2D eigenvalue weighted by atomic mass is 10.3. The van der Waals surface area contributed by atoms with E-state index in [1.165, 1.54) is 0 Å². The van der Waals surface area contributed by atoms with Gasteiger partial charge in [0.15, 0.2) is 0 Å². The molecule has 0 fully saturated rings. The van der Waals surface area contributed by atoms with E-state index in [-0.39, 0.29) is 0 Å². The summed E-state index contributed by atoms with van der Waals surface area (Å²) < 4.78 is 3.90. The Hall–Kier alpha value is -1.33. The number of aryl methyl sites for hydroxylation is 2. The van der Waals surface area contributed by atoms with Crippen molar-refractivity contribution in [3.63, 3.8) is 0 Å². The molecular weight excluding hydrogens is 286 g/mol. The van der Waals surface area contributed by atoms with E-state index < -0.39 is 0 Å². The first-order valence-corrected chi connectivity index (χ1v) is 8.04. The summed E-state index contributed by atoms with van der Waals surface area (Å²) in [5, 5.41) is 13.3. The number of nitrogens with zero attached hydrogens (tertiary/aromatic N) is 4. The van der Waals surface area contributed by atoms with Crippen molar-refractivity contribution < 1.29 is 0 Å². The van der Waals surface area contributed by atoms with Crippen LogP contribution < -0.4 is 5.32 Å². The number of hydrogen-bond acceptors (Lipinski definition) is 3. The summed E-state index contributed by atoms with van der Waals surface area (Å²) in [5.74, 6) is 0. The van der Waals surface area contributed by atoms with Crippen molar-refractivity contribution in [2.45, 2.75) is 53.2 Å². The van der Waals surface area contributed by atoms with E-state index in [0.29, 0.717) is 6.54 Å². The molecule has 0 unspecified atom stereocenters. The van der Waals surface area contributed by atoms with Crippen LogP contribution in [-0.4, -0.2) is 26.1 Å². The molecule has 0 aliphatic carbocycles. The lowest BCUT2D eigenvalue weighted by Gasteiger charge is -2.05. The summed E-state index contributed by atoms with van der Waals surface area (Å²) in [4.78, 5) is 0. The van der Waals surface area contributed by atoms with Crippen LogP contribution in [0.4, 0.5) is 0 Å². The van der Waals surface area contributed by atoms with Gasteiger partial charge in [0, 0.05) is 19.3 Å². The van der Waals surface area contributed by atoms with Crippen molar-refractivity contribution in [2.24, 2.45) is 0 Å². The number of aromatic nitrogens is 4. The molecule has 2 aromatic rings. The average molecular weight is 310 g/mol. The van der Waals surface area contributed by atoms with Gasteiger partial charge in [0.1, 0.15) is 0 Å². The molecular formula is C15H24ClN5. The van der Waals surface area contributed by atoms with Crippen LogP contribution in [-0.2, 0) is 26.1 Å². The molecule has 116 valence electrons. The summed E-state index contributed by atoms with van der Waals surface area (Å²) in [6, 6.07) is 2.05. The van der Waals surface area contributed by atoms with Gasteiger partial charge in [-0.05, 0) is 32.4 Å². The van der Waals surface area contributed by atoms with Crippen LogP contribution in [0.3, 0.4) is 0 Å². The zero-order valence-electron chi connectivity index (χ0n) is 13.1.